The zero-order chi connectivity index (χ0) is 14.5. The van der Waals surface area contributed by atoms with Crippen molar-refractivity contribution in [1.29, 1.82) is 0 Å². The summed E-state index contributed by atoms with van der Waals surface area (Å²) < 4.78 is 5.69. The van der Waals surface area contributed by atoms with Crippen molar-refractivity contribution in [2.75, 3.05) is 7.05 Å². The Kier molecular flexibility index (Phi) is 5.24. The van der Waals surface area contributed by atoms with Crippen LogP contribution in [0.4, 0.5) is 0 Å². The molecule has 1 N–H and O–H groups in total. The summed E-state index contributed by atoms with van der Waals surface area (Å²) in [5.74, 6) is 1.25. The Morgan fingerprint density at radius 3 is 2.35 bits per heavy atom. The van der Waals surface area contributed by atoms with E-state index in [1.54, 1.807) is 24.4 Å². The molecule has 0 fully saturated rings. The fraction of sp³-hybridized carbons (Fsp3) is 0.267. The average Bonchev–Trinajstić information content (AvgIpc) is 2.41. The maximum atomic E-state index is 5.93. The maximum absolute atomic E-state index is 5.93. The molecule has 1 aromatic heterocycles. The molecular formula is C15H16Cl2N2O. The molecule has 0 saturated heterocycles. The number of hydrogen-bond donors (Lipinski definition) is 1. The lowest BCUT2D eigenvalue weighted by Gasteiger charge is -2.13. The Morgan fingerprint density at radius 1 is 1.15 bits per heavy atom. The SMILES string of the molecule is CCC(NC)c1ccc(Oc2cc(Cl)cc(Cl)c2)cn1. The van der Waals surface area contributed by atoms with Crippen LogP contribution in [0.3, 0.4) is 0 Å². The van der Waals surface area contributed by atoms with Gasteiger partial charge in [0.15, 0.2) is 0 Å². The van der Waals surface area contributed by atoms with E-state index in [2.05, 4.69) is 17.2 Å². The van der Waals surface area contributed by atoms with Gasteiger partial charge in [-0.3, -0.25) is 4.98 Å². The number of rotatable bonds is 5. The van der Waals surface area contributed by atoms with E-state index in [1.165, 1.54) is 0 Å². The molecule has 0 aliphatic carbocycles. The Morgan fingerprint density at radius 2 is 1.85 bits per heavy atom. The minimum Gasteiger partial charge on any atom is -0.456 e. The normalized spacial score (nSPS) is 12.2. The fourth-order valence-electron chi connectivity index (χ4n) is 1.94. The van der Waals surface area contributed by atoms with Crippen LogP contribution in [0.1, 0.15) is 25.1 Å². The standard InChI is InChI=1S/C15H16Cl2N2O/c1-3-14(18-2)15-5-4-12(9-19-15)20-13-7-10(16)6-11(17)8-13/h4-9,14,18H,3H2,1-2H3. The second-order valence-corrected chi connectivity index (χ2v) is 5.25. The van der Waals surface area contributed by atoms with Crippen LogP contribution in [-0.4, -0.2) is 12.0 Å². The van der Waals surface area contributed by atoms with E-state index in [1.807, 2.05) is 19.2 Å². The van der Waals surface area contributed by atoms with Gasteiger partial charge in [-0.2, -0.15) is 0 Å². The fourth-order valence-corrected chi connectivity index (χ4v) is 2.45. The van der Waals surface area contributed by atoms with Crippen LogP contribution in [0.2, 0.25) is 10.0 Å². The van der Waals surface area contributed by atoms with Gasteiger partial charge in [-0.05, 0) is 43.8 Å². The Bertz CT molecular complexity index is 548. The number of benzene rings is 1. The summed E-state index contributed by atoms with van der Waals surface area (Å²) in [7, 11) is 1.92. The molecule has 0 saturated carbocycles. The summed E-state index contributed by atoms with van der Waals surface area (Å²) >= 11 is 11.9. The van der Waals surface area contributed by atoms with Crippen molar-refractivity contribution >= 4 is 23.2 Å². The van der Waals surface area contributed by atoms with Crippen LogP contribution >= 0.6 is 23.2 Å². The zero-order valence-corrected chi connectivity index (χ0v) is 12.9. The molecule has 1 atom stereocenters. The molecule has 20 heavy (non-hydrogen) atoms. The van der Waals surface area contributed by atoms with Crippen LogP contribution in [-0.2, 0) is 0 Å². The smallest absolute Gasteiger partial charge is 0.145 e. The first-order valence-corrected chi connectivity index (χ1v) is 7.15. The van der Waals surface area contributed by atoms with Crippen LogP contribution in [0.5, 0.6) is 11.5 Å². The monoisotopic (exact) mass is 310 g/mol. The summed E-state index contributed by atoms with van der Waals surface area (Å²) in [6.45, 7) is 2.11. The highest BCUT2D eigenvalue weighted by Gasteiger charge is 2.08. The molecule has 3 nitrogen and oxygen atoms in total. The quantitative estimate of drug-likeness (QED) is 0.857. The molecule has 0 aliphatic rings. The van der Waals surface area contributed by atoms with Gasteiger partial charge in [-0.15, -0.1) is 0 Å². The molecule has 5 heteroatoms. The number of pyridine rings is 1. The summed E-state index contributed by atoms with van der Waals surface area (Å²) in [5, 5.41) is 4.29. The van der Waals surface area contributed by atoms with Crippen LogP contribution in [0.15, 0.2) is 36.5 Å². The number of hydrogen-bond acceptors (Lipinski definition) is 3. The van der Waals surface area contributed by atoms with E-state index in [0.717, 1.165) is 12.1 Å². The third kappa shape index (κ3) is 3.85. The summed E-state index contributed by atoms with van der Waals surface area (Å²) in [4.78, 5) is 4.41. The Balaban J connectivity index is 2.14. The highest BCUT2D eigenvalue weighted by Crippen LogP contribution is 2.28. The highest BCUT2D eigenvalue weighted by molar-refractivity contribution is 6.34. The molecule has 1 heterocycles. The minimum absolute atomic E-state index is 0.254. The van der Waals surface area contributed by atoms with Gasteiger partial charge >= 0.3 is 0 Å². The van der Waals surface area contributed by atoms with Crippen molar-refractivity contribution in [1.82, 2.24) is 10.3 Å². The van der Waals surface area contributed by atoms with E-state index >= 15 is 0 Å². The van der Waals surface area contributed by atoms with Crippen molar-refractivity contribution in [2.45, 2.75) is 19.4 Å². The van der Waals surface area contributed by atoms with Crippen LogP contribution < -0.4 is 10.1 Å². The summed E-state index contributed by atoms with van der Waals surface area (Å²) in [6, 6.07) is 9.18. The number of aromatic nitrogens is 1. The van der Waals surface area contributed by atoms with Gasteiger partial charge in [-0.25, -0.2) is 0 Å². The molecule has 0 radical (unpaired) electrons. The van der Waals surface area contributed by atoms with Gasteiger partial charge < -0.3 is 10.1 Å². The lowest BCUT2D eigenvalue weighted by molar-refractivity contribution is 0.477. The average molecular weight is 311 g/mol. The molecule has 0 amide bonds. The number of nitrogens with one attached hydrogen (secondary N) is 1. The van der Waals surface area contributed by atoms with Crippen molar-refractivity contribution in [3.8, 4) is 11.5 Å². The topological polar surface area (TPSA) is 34.1 Å². The first kappa shape index (κ1) is 15.1. The largest absolute Gasteiger partial charge is 0.456 e. The van der Waals surface area contributed by atoms with E-state index in [4.69, 9.17) is 27.9 Å². The van der Waals surface area contributed by atoms with Crippen LogP contribution in [0.25, 0.3) is 0 Å². The lowest BCUT2D eigenvalue weighted by Crippen LogP contribution is -2.16. The zero-order valence-electron chi connectivity index (χ0n) is 11.4. The molecule has 0 aliphatic heterocycles. The van der Waals surface area contributed by atoms with Crippen molar-refractivity contribution in [3.63, 3.8) is 0 Å². The number of halogens is 2. The van der Waals surface area contributed by atoms with Gasteiger partial charge in [0.25, 0.3) is 0 Å². The van der Waals surface area contributed by atoms with Gasteiger partial charge in [0.2, 0.25) is 0 Å². The predicted octanol–water partition coefficient (Wildman–Crippen LogP) is 4.85. The Hall–Kier alpha value is -1.29. The van der Waals surface area contributed by atoms with E-state index < -0.39 is 0 Å². The van der Waals surface area contributed by atoms with Gasteiger partial charge in [-0.1, -0.05) is 30.1 Å². The van der Waals surface area contributed by atoms with E-state index in [0.29, 0.717) is 21.5 Å². The van der Waals surface area contributed by atoms with Crippen molar-refractivity contribution in [3.05, 3.63) is 52.3 Å². The van der Waals surface area contributed by atoms with Crippen molar-refractivity contribution in [2.24, 2.45) is 0 Å². The summed E-state index contributed by atoms with van der Waals surface area (Å²) in [5.41, 5.74) is 0.992. The molecule has 2 aromatic rings. The Labute approximate surface area is 128 Å². The minimum atomic E-state index is 0.254. The number of nitrogens with zero attached hydrogens (tertiary/aromatic N) is 1. The van der Waals surface area contributed by atoms with E-state index in [-0.39, 0.29) is 6.04 Å². The third-order valence-corrected chi connectivity index (χ3v) is 3.38. The molecule has 2 rings (SSSR count). The first-order valence-electron chi connectivity index (χ1n) is 6.39. The molecule has 0 spiro atoms. The van der Waals surface area contributed by atoms with Gasteiger partial charge in [0.1, 0.15) is 11.5 Å². The highest BCUT2D eigenvalue weighted by atomic mass is 35.5. The summed E-state index contributed by atoms with van der Waals surface area (Å²) in [6.07, 6.45) is 2.68. The first-order chi connectivity index (χ1) is 9.62. The predicted molar refractivity (Wildman–Crippen MR) is 82.9 cm³/mol. The van der Waals surface area contributed by atoms with Gasteiger partial charge in [0, 0.05) is 16.1 Å². The second-order valence-electron chi connectivity index (χ2n) is 4.38. The van der Waals surface area contributed by atoms with E-state index in [9.17, 15) is 0 Å². The molecule has 1 unspecified atom stereocenters. The second kappa shape index (κ2) is 6.93. The van der Waals surface area contributed by atoms with Crippen LogP contribution in [0, 0.1) is 0 Å². The molecule has 0 bridgehead atoms. The molecule has 106 valence electrons. The maximum Gasteiger partial charge on any atom is 0.145 e. The van der Waals surface area contributed by atoms with Gasteiger partial charge in [0.05, 0.1) is 11.9 Å². The third-order valence-electron chi connectivity index (χ3n) is 2.94. The molecule has 1 aromatic carbocycles. The molecular weight excluding hydrogens is 295 g/mol. The lowest BCUT2D eigenvalue weighted by atomic mass is 10.1. The van der Waals surface area contributed by atoms with Crippen molar-refractivity contribution < 1.29 is 4.74 Å². The number of ether oxygens (including phenoxy) is 1.